The van der Waals surface area contributed by atoms with Crippen molar-refractivity contribution in [2.75, 3.05) is 19.8 Å². The summed E-state index contributed by atoms with van der Waals surface area (Å²) in [5.41, 5.74) is 0. The zero-order valence-electron chi connectivity index (χ0n) is 12.5. The first-order valence-electron chi connectivity index (χ1n) is 6.82. The molecule has 1 aromatic rings. The Balaban J connectivity index is 2.38. The van der Waals surface area contributed by atoms with Gasteiger partial charge in [-0.15, -0.1) is 0 Å². The summed E-state index contributed by atoms with van der Waals surface area (Å²) in [5.74, 6) is 0.0709. The monoisotopic (exact) mass is 295 g/mol. The normalized spacial score (nSPS) is 10.1. The molecule has 0 bridgehead atoms. The molecular formula is C15H21NO5. The fourth-order valence-corrected chi connectivity index (χ4v) is 1.53. The lowest BCUT2D eigenvalue weighted by Gasteiger charge is -2.11. The third-order valence-corrected chi connectivity index (χ3v) is 2.31. The fraction of sp³-hybridized carbons (Fsp3) is 0.467. The zero-order chi connectivity index (χ0) is 15.7. The summed E-state index contributed by atoms with van der Waals surface area (Å²) in [6.45, 7) is 5.42. The van der Waals surface area contributed by atoms with Crippen molar-refractivity contribution in [3.05, 3.63) is 24.3 Å². The van der Waals surface area contributed by atoms with Crippen LogP contribution in [0.15, 0.2) is 24.3 Å². The molecule has 6 heteroatoms. The van der Waals surface area contributed by atoms with Crippen LogP contribution >= 0.6 is 0 Å². The van der Waals surface area contributed by atoms with E-state index in [-0.39, 0.29) is 25.2 Å². The van der Waals surface area contributed by atoms with Crippen molar-refractivity contribution in [2.45, 2.75) is 26.8 Å². The highest BCUT2D eigenvalue weighted by atomic mass is 16.6. The average Bonchev–Trinajstić information content (AvgIpc) is 2.44. The van der Waals surface area contributed by atoms with Crippen molar-refractivity contribution < 1.29 is 23.8 Å². The van der Waals surface area contributed by atoms with Crippen LogP contribution in [0.2, 0.25) is 0 Å². The Morgan fingerprint density at radius 1 is 1.10 bits per heavy atom. The molecule has 116 valence electrons. The van der Waals surface area contributed by atoms with Crippen molar-refractivity contribution in [1.29, 1.82) is 0 Å². The highest BCUT2D eigenvalue weighted by Crippen LogP contribution is 2.26. The van der Waals surface area contributed by atoms with E-state index in [4.69, 9.17) is 14.2 Å². The van der Waals surface area contributed by atoms with Gasteiger partial charge in [-0.2, -0.15) is 0 Å². The van der Waals surface area contributed by atoms with Gasteiger partial charge in [0.2, 0.25) is 0 Å². The van der Waals surface area contributed by atoms with Gasteiger partial charge in [-0.3, -0.25) is 4.79 Å². The standard InChI is InChI=1S/C15H21NO5/c1-4-19-12-7-5-6-8-13(12)20-10-15(18)21-9-14(17)16-11(2)3/h5-8,11H,4,9-10H2,1-3H3,(H,16,17). The third kappa shape index (κ3) is 6.65. The second kappa shape index (κ2) is 8.84. The number of benzene rings is 1. The summed E-state index contributed by atoms with van der Waals surface area (Å²) < 4.78 is 15.5. The van der Waals surface area contributed by atoms with E-state index in [0.29, 0.717) is 18.1 Å². The quantitative estimate of drug-likeness (QED) is 0.736. The molecule has 6 nitrogen and oxygen atoms in total. The average molecular weight is 295 g/mol. The van der Waals surface area contributed by atoms with Gasteiger partial charge in [0, 0.05) is 6.04 Å². The summed E-state index contributed by atoms with van der Waals surface area (Å²) in [5, 5.41) is 2.62. The van der Waals surface area contributed by atoms with Crippen molar-refractivity contribution in [3.8, 4) is 11.5 Å². The molecule has 0 aliphatic carbocycles. The summed E-state index contributed by atoms with van der Waals surface area (Å²) in [6, 6.07) is 7.04. The van der Waals surface area contributed by atoms with Crippen molar-refractivity contribution in [3.63, 3.8) is 0 Å². The molecule has 0 fully saturated rings. The molecule has 0 aliphatic rings. The van der Waals surface area contributed by atoms with E-state index in [1.165, 1.54) is 0 Å². The lowest BCUT2D eigenvalue weighted by molar-refractivity contribution is -0.150. The summed E-state index contributed by atoms with van der Waals surface area (Å²) in [4.78, 5) is 22.8. The molecular weight excluding hydrogens is 274 g/mol. The van der Waals surface area contributed by atoms with Crippen LogP contribution in [0.5, 0.6) is 11.5 Å². The smallest absolute Gasteiger partial charge is 0.344 e. The van der Waals surface area contributed by atoms with Gasteiger partial charge in [-0.05, 0) is 32.9 Å². The number of para-hydroxylation sites is 2. The lowest BCUT2D eigenvalue weighted by Crippen LogP contribution is -2.34. The number of nitrogens with one attached hydrogen (secondary N) is 1. The summed E-state index contributed by atoms with van der Waals surface area (Å²) >= 11 is 0. The molecule has 1 aromatic carbocycles. The van der Waals surface area contributed by atoms with Crippen LogP contribution in [0, 0.1) is 0 Å². The minimum atomic E-state index is -0.611. The van der Waals surface area contributed by atoms with Gasteiger partial charge in [0.05, 0.1) is 6.61 Å². The van der Waals surface area contributed by atoms with Crippen LogP contribution in [0.25, 0.3) is 0 Å². The molecule has 0 heterocycles. The van der Waals surface area contributed by atoms with Crippen LogP contribution in [-0.4, -0.2) is 37.7 Å². The van der Waals surface area contributed by atoms with Crippen LogP contribution in [0.3, 0.4) is 0 Å². The molecule has 0 atom stereocenters. The molecule has 1 N–H and O–H groups in total. The first-order chi connectivity index (χ1) is 10.0. The minimum absolute atomic E-state index is 0.00511. The second-order valence-corrected chi connectivity index (χ2v) is 4.55. The predicted octanol–water partition coefficient (Wildman–Crippen LogP) is 1.53. The number of esters is 1. The Hall–Kier alpha value is -2.24. The van der Waals surface area contributed by atoms with Gasteiger partial charge >= 0.3 is 5.97 Å². The molecule has 0 unspecified atom stereocenters. The molecule has 1 amide bonds. The third-order valence-electron chi connectivity index (χ3n) is 2.31. The molecule has 0 aromatic heterocycles. The van der Waals surface area contributed by atoms with Crippen molar-refractivity contribution in [1.82, 2.24) is 5.32 Å². The van der Waals surface area contributed by atoms with E-state index < -0.39 is 5.97 Å². The Bertz CT molecular complexity index is 473. The van der Waals surface area contributed by atoms with Crippen LogP contribution in [0.1, 0.15) is 20.8 Å². The predicted molar refractivity (Wildman–Crippen MR) is 77.3 cm³/mol. The van der Waals surface area contributed by atoms with Crippen LogP contribution in [-0.2, 0) is 14.3 Å². The number of hydrogen-bond acceptors (Lipinski definition) is 5. The highest BCUT2D eigenvalue weighted by molar-refractivity contribution is 5.81. The molecule has 0 aliphatic heterocycles. The van der Waals surface area contributed by atoms with Crippen molar-refractivity contribution >= 4 is 11.9 Å². The van der Waals surface area contributed by atoms with Crippen LogP contribution < -0.4 is 14.8 Å². The van der Waals surface area contributed by atoms with Gasteiger partial charge in [-0.25, -0.2) is 4.79 Å². The summed E-state index contributed by atoms with van der Waals surface area (Å²) in [7, 11) is 0. The second-order valence-electron chi connectivity index (χ2n) is 4.55. The lowest BCUT2D eigenvalue weighted by atomic mass is 10.3. The number of amides is 1. The SMILES string of the molecule is CCOc1ccccc1OCC(=O)OCC(=O)NC(C)C. The van der Waals surface area contributed by atoms with E-state index in [1.807, 2.05) is 26.8 Å². The number of ether oxygens (including phenoxy) is 3. The fourth-order valence-electron chi connectivity index (χ4n) is 1.53. The number of rotatable bonds is 8. The van der Waals surface area contributed by atoms with Gasteiger partial charge in [0.25, 0.3) is 5.91 Å². The van der Waals surface area contributed by atoms with E-state index >= 15 is 0 Å². The van der Waals surface area contributed by atoms with E-state index in [0.717, 1.165) is 0 Å². The Morgan fingerprint density at radius 3 is 2.29 bits per heavy atom. The number of hydrogen-bond donors (Lipinski definition) is 1. The molecule has 0 saturated carbocycles. The number of carbonyl (C=O) groups excluding carboxylic acids is 2. The molecule has 0 saturated heterocycles. The van der Waals surface area contributed by atoms with Gasteiger partial charge in [-0.1, -0.05) is 12.1 Å². The Morgan fingerprint density at radius 2 is 1.71 bits per heavy atom. The molecule has 1 rings (SSSR count). The largest absolute Gasteiger partial charge is 0.490 e. The van der Waals surface area contributed by atoms with Crippen molar-refractivity contribution in [2.24, 2.45) is 0 Å². The number of carbonyl (C=O) groups is 2. The first-order valence-corrected chi connectivity index (χ1v) is 6.82. The molecule has 21 heavy (non-hydrogen) atoms. The van der Waals surface area contributed by atoms with Crippen LogP contribution in [0.4, 0.5) is 0 Å². The maximum atomic E-state index is 11.5. The Kier molecular flexibility index (Phi) is 7.08. The maximum absolute atomic E-state index is 11.5. The topological polar surface area (TPSA) is 73.9 Å². The van der Waals surface area contributed by atoms with Gasteiger partial charge in [0.15, 0.2) is 24.7 Å². The van der Waals surface area contributed by atoms with Gasteiger partial charge in [0.1, 0.15) is 0 Å². The maximum Gasteiger partial charge on any atom is 0.344 e. The first kappa shape index (κ1) is 16.8. The summed E-state index contributed by atoms with van der Waals surface area (Å²) in [6.07, 6.45) is 0. The molecule has 0 radical (unpaired) electrons. The minimum Gasteiger partial charge on any atom is -0.490 e. The Labute approximate surface area is 124 Å². The van der Waals surface area contributed by atoms with E-state index in [1.54, 1.807) is 18.2 Å². The van der Waals surface area contributed by atoms with E-state index in [9.17, 15) is 9.59 Å². The zero-order valence-corrected chi connectivity index (χ0v) is 12.5. The highest BCUT2D eigenvalue weighted by Gasteiger charge is 2.11. The van der Waals surface area contributed by atoms with Gasteiger partial charge < -0.3 is 19.5 Å². The van der Waals surface area contributed by atoms with E-state index in [2.05, 4.69) is 5.32 Å². The molecule has 0 spiro atoms.